The predicted molar refractivity (Wildman–Crippen MR) is 82.7 cm³/mol. The summed E-state index contributed by atoms with van der Waals surface area (Å²) in [5.41, 5.74) is 0.640. The molecule has 3 atom stereocenters. The summed E-state index contributed by atoms with van der Waals surface area (Å²) in [6.07, 6.45) is 7.20. The molecule has 0 amide bonds. The van der Waals surface area contributed by atoms with Crippen molar-refractivity contribution in [1.82, 2.24) is 0 Å². The second-order valence-corrected chi connectivity index (χ2v) is 7.13. The molecule has 2 heteroatoms. The molecule has 0 aliphatic heterocycles. The summed E-state index contributed by atoms with van der Waals surface area (Å²) >= 11 is 0. The Morgan fingerprint density at radius 1 is 1.19 bits per heavy atom. The fourth-order valence-electron chi connectivity index (χ4n) is 4.51. The number of nitriles is 1. The highest BCUT2D eigenvalue weighted by atomic mass is 16.1. The van der Waals surface area contributed by atoms with E-state index in [0.717, 1.165) is 44.1 Å². The Balaban J connectivity index is 1.85. The van der Waals surface area contributed by atoms with Gasteiger partial charge in [0.25, 0.3) is 0 Å². The van der Waals surface area contributed by atoms with Gasteiger partial charge in [-0.25, -0.2) is 0 Å². The lowest BCUT2D eigenvalue weighted by Gasteiger charge is -2.53. The summed E-state index contributed by atoms with van der Waals surface area (Å²) in [6, 6.07) is 12.2. The van der Waals surface area contributed by atoms with Gasteiger partial charge in [-0.2, -0.15) is 5.26 Å². The average molecular weight is 281 g/mol. The van der Waals surface area contributed by atoms with Gasteiger partial charge in [-0.1, -0.05) is 50.1 Å². The van der Waals surface area contributed by atoms with Crippen molar-refractivity contribution in [2.45, 2.75) is 51.9 Å². The molecule has 0 heterocycles. The fraction of sp³-hybridized carbons (Fsp3) is 0.579. The minimum Gasteiger partial charge on any atom is -0.294 e. The van der Waals surface area contributed by atoms with Crippen LogP contribution in [0.5, 0.6) is 0 Å². The Hall–Kier alpha value is -1.62. The smallest absolute Gasteiger partial charge is 0.165 e. The molecule has 2 nitrogen and oxygen atoms in total. The lowest BCUT2D eigenvalue weighted by Crippen LogP contribution is -2.47. The van der Waals surface area contributed by atoms with Crippen LogP contribution < -0.4 is 0 Å². The Morgan fingerprint density at radius 2 is 1.90 bits per heavy atom. The van der Waals surface area contributed by atoms with Gasteiger partial charge < -0.3 is 0 Å². The number of hydrogen-bond acceptors (Lipinski definition) is 2. The van der Waals surface area contributed by atoms with E-state index >= 15 is 0 Å². The van der Waals surface area contributed by atoms with Gasteiger partial charge in [0.2, 0.25) is 0 Å². The fourth-order valence-corrected chi connectivity index (χ4v) is 4.51. The van der Waals surface area contributed by atoms with Crippen LogP contribution in [-0.4, -0.2) is 5.78 Å². The molecule has 0 aromatic heterocycles. The molecule has 1 aromatic rings. The maximum atomic E-state index is 12.7. The number of carbonyl (C=O) groups excluding carboxylic acids is 1. The Kier molecular flexibility index (Phi) is 3.61. The van der Waals surface area contributed by atoms with Gasteiger partial charge in [-0.15, -0.1) is 0 Å². The van der Waals surface area contributed by atoms with Crippen molar-refractivity contribution in [2.75, 3.05) is 0 Å². The van der Waals surface area contributed by atoms with Gasteiger partial charge in [0.05, 0.1) is 11.5 Å². The number of Topliss-reactive ketones (excluding diaryl/α,β-unsaturated/α-hetero) is 1. The molecule has 3 rings (SSSR count). The highest BCUT2D eigenvalue weighted by molar-refractivity contribution is 5.97. The minimum atomic E-state index is -0.279. The van der Waals surface area contributed by atoms with Crippen LogP contribution in [-0.2, 0) is 0 Å². The van der Waals surface area contributed by atoms with E-state index < -0.39 is 0 Å². The molecular formula is C19H23NO. The Bertz CT molecular complexity index is 573. The van der Waals surface area contributed by atoms with E-state index in [0.29, 0.717) is 0 Å². The van der Waals surface area contributed by atoms with Crippen molar-refractivity contribution in [3.05, 3.63) is 35.9 Å². The standard InChI is InChI=1S/C19H23NO/c1-18-10-5-6-11-19(18,14-20)13-16(9-12-18)17(21)15-7-3-2-4-8-15/h2-4,7-8,16H,5-6,9-13H2,1H3/t16-,18+,19+/m0/s1. The van der Waals surface area contributed by atoms with Gasteiger partial charge in [0.1, 0.15) is 0 Å². The molecule has 2 aliphatic rings. The van der Waals surface area contributed by atoms with Gasteiger partial charge in [0.15, 0.2) is 5.78 Å². The third-order valence-electron chi connectivity index (χ3n) is 6.02. The zero-order valence-corrected chi connectivity index (χ0v) is 12.8. The van der Waals surface area contributed by atoms with E-state index in [-0.39, 0.29) is 22.5 Å². The molecule has 2 aliphatic carbocycles. The van der Waals surface area contributed by atoms with E-state index in [9.17, 15) is 10.1 Å². The van der Waals surface area contributed by atoms with Crippen molar-refractivity contribution in [3.63, 3.8) is 0 Å². The molecule has 0 saturated heterocycles. The zero-order valence-electron chi connectivity index (χ0n) is 12.8. The van der Waals surface area contributed by atoms with E-state index in [1.54, 1.807) is 0 Å². The van der Waals surface area contributed by atoms with E-state index in [1.807, 2.05) is 30.3 Å². The summed E-state index contributed by atoms with van der Waals surface area (Å²) in [7, 11) is 0. The van der Waals surface area contributed by atoms with Crippen LogP contribution in [0.1, 0.15) is 62.2 Å². The highest BCUT2D eigenvalue weighted by Gasteiger charge is 2.54. The van der Waals surface area contributed by atoms with E-state index in [2.05, 4.69) is 13.0 Å². The summed E-state index contributed by atoms with van der Waals surface area (Å²) in [5.74, 6) is 0.260. The normalized spacial score (nSPS) is 35.5. The van der Waals surface area contributed by atoms with Gasteiger partial charge in [-0.3, -0.25) is 4.79 Å². The highest BCUT2D eigenvalue weighted by Crippen LogP contribution is 2.60. The van der Waals surface area contributed by atoms with Gasteiger partial charge >= 0.3 is 0 Å². The number of fused-ring (bicyclic) bond motifs is 1. The monoisotopic (exact) mass is 281 g/mol. The van der Waals surface area contributed by atoms with Crippen LogP contribution in [0.4, 0.5) is 0 Å². The van der Waals surface area contributed by atoms with Crippen molar-refractivity contribution in [1.29, 1.82) is 5.26 Å². The van der Waals surface area contributed by atoms with Crippen LogP contribution in [0.25, 0.3) is 0 Å². The maximum Gasteiger partial charge on any atom is 0.165 e. The van der Waals surface area contributed by atoms with Crippen LogP contribution in [0, 0.1) is 28.1 Å². The molecule has 21 heavy (non-hydrogen) atoms. The topological polar surface area (TPSA) is 40.9 Å². The van der Waals surface area contributed by atoms with Gasteiger partial charge in [-0.05, 0) is 37.5 Å². The van der Waals surface area contributed by atoms with E-state index in [1.165, 1.54) is 6.42 Å². The zero-order chi connectivity index (χ0) is 14.9. The third-order valence-corrected chi connectivity index (χ3v) is 6.02. The number of ketones is 1. The van der Waals surface area contributed by atoms with Crippen molar-refractivity contribution < 1.29 is 4.79 Å². The second kappa shape index (κ2) is 5.30. The Morgan fingerprint density at radius 3 is 2.62 bits per heavy atom. The van der Waals surface area contributed by atoms with Crippen LogP contribution in [0.3, 0.4) is 0 Å². The third kappa shape index (κ3) is 2.29. The molecule has 0 unspecified atom stereocenters. The van der Waals surface area contributed by atoms with Crippen molar-refractivity contribution >= 4 is 5.78 Å². The summed E-state index contributed by atoms with van der Waals surface area (Å²) in [4.78, 5) is 12.7. The molecule has 110 valence electrons. The molecule has 1 aromatic carbocycles. The van der Waals surface area contributed by atoms with Crippen LogP contribution >= 0.6 is 0 Å². The molecule has 2 fully saturated rings. The molecule has 0 bridgehead atoms. The minimum absolute atomic E-state index is 0.0261. The summed E-state index contributed by atoms with van der Waals surface area (Å²) in [6.45, 7) is 2.28. The molecule has 0 radical (unpaired) electrons. The number of benzene rings is 1. The quantitative estimate of drug-likeness (QED) is 0.733. The van der Waals surface area contributed by atoms with Crippen LogP contribution in [0.15, 0.2) is 30.3 Å². The van der Waals surface area contributed by atoms with Crippen LogP contribution in [0.2, 0.25) is 0 Å². The summed E-state index contributed by atoms with van der Waals surface area (Å²) in [5, 5.41) is 9.85. The van der Waals surface area contributed by atoms with E-state index in [4.69, 9.17) is 0 Å². The molecular weight excluding hydrogens is 258 g/mol. The lowest BCUT2D eigenvalue weighted by atomic mass is 9.49. The van der Waals surface area contributed by atoms with Crippen molar-refractivity contribution in [2.24, 2.45) is 16.7 Å². The first-order chi connectivity index (χ1) is 10.1. The number of nitrogens with zero attached hydrogens (tertiary/aromatic N) is 1. The summed E-state index contributed by atoms with van der Waals surface area (Å²) < 4.78 is 0. The Labute approximate surface area is 127 Å². The number of rotatable bonds is 2. The SMILES string of the molecule is C[C@]12CCCC[C@]1(C#N)C[C@@H](C(=O)c1ccccc1)CC2. The number of hydrogen-bond donors (Lipinski definition) is 0. The first kappa shape index (κ1) is 14.3. The second-order valence-electron chi connectivity index (χ2n) is 7.13. The van der Waals surface area contributed by atoms with Gasteiger partial charge in [0, 0.05) is 11.5 Å². The number of carbonyl (C=O) groups is 1. The maximum absolute atomic E-state index is 12.7. The molecule has 2 saturated carbocycles. The average Bonchev–Trinajstić information content (AvgIpc) is 2.54. The first-order valence-corrected chi connectivity index (χ1v) is 8.11. The van der Waals surface area contributed by atoms with Crippen molar-refractivity contribution in [3.8, 4) is 6.07 Å². The molecule has 0 spiro atoms. The molecule has 0 N–H and O–H groups in total. The largest absolute Gasteiger partial charge is 0.294 e. The lowest BCUT2D eigenvalue weighted by molar-refractivity contribution is -0.0143. The first-order valence-electron chi connectivity index (χ1n) is 8.11. The predicted octanol–water partition coefficient (Wildman–Crippen LogP) is 4.76.